The maximum atomic E-state index is 12.1. The molecule has 0 aromatic heterocycles. The minimum atomic E-state index is -0.496. The second-order valence-corrected chi connectivity index (χ2v) is 5.71. The summed E-state index contributed by atoms with van der Waals surface area (Å²) in [5.41, 5.74) is -0.496. The summed E-state index contributed by atoms with van der Waals surface area (Å²) in [6.07, 6.45) is 3.85. The monoisotopic (exact) mass is 250 g/mol. The number of nitriles is 1. The van der Waals surface area contributed by atoms with Crippen molar-refractivity contribution in [3.05, 3.63) is 12.7 Å². The number of hydrogen-bond donors (Lipinski definition) is 0. The number of amides is 1. The molecule has 2 unspecified atom stereocenters. The Morgan fingerprint density at radius 2 is 2.22 bits per heavy atom. The van der Waals surface area contributed by atoms with Crippen LogP contribution in [0.5, 0.6) is 0 Å². The van der Waals surface area contributed by atoms with Crippen molar-refractivity contribution in [2.75, 3.05) is 6.54 Å². The molecule has 0 radical (unpaired) electrons. The van der Waals surface area contributed by atoms with Gasteiger partial charge in [0.1, 0.15) is 5.60 Å². The molecule has 1 amide bonds. The van der Waals surface area contributed by atoms with Gasteiger partial charge in [-0.2, -0.15) is 5.26 Å². The topological polar surface area (TPSA) is 53.3 Å². The van der Waals surface area contributed by atoms with E-state index in [-0.39, 0.29) is 18.1 Å². The van der Waals surface area contributed by atoms with Crippen molar-refractivity contribution in [2.24, 2.45) is 5.92 Å². The summed E-state index contributed by atoms with van der Waals surface area (Å²) in [6.45, 7) is 9.70. The largest absolute Gasteiger partial charge is 0.444 e. The van der Waals surface area contributed by atoms with Crippen LogP contribution in [0.15, 0.2) is 12.7 Å². The lowest BCUT2D eigenvalue weighted by atomic mass is 10.1. The summed E-state index contributed by atoms with van der Waals surface area (Å²) in [4.78, 5) is 13.8. The van der Waals surface area contributed by atoms with E-state index in [4.69, 9.17) is 10.00 Å². The number of carbonyl (C=O) groups is 1. The minimum Gasteiger partial charge on any atom is -0.444 e. The molecule has 0 saturated heterocycles. The molecule has 1 saturated carbocycles. The van der Waals surface area contributed by atoms with Crippen molar-refractivity contribution in [3.8, 4) is 6.07 Å². The Bertz CT molecular complexity index is 352. The Morgan fingerprint density at radius 1 is 1.56 bits per heavy atom. The van der Waals surface area contributed by atoms with E-state index in [1.807, 2.05) is 20.8 Å². The third-order valence-corrected chi connectivity index (χ3v) is 2.98. The number of ether oxygens (including phenoxy) is 1. The van der Waals surface area contributed by atoms with E-state index in [2.05, 4.69) is 12.6 Å². The SMILES string of the molecule is C=CCN(C(=O)OC(C)(C)C)C1CCC(C#N)C1. The zero-order chi connectivity index (χ0) is 13.8. The molecule has 18 heavy (non-hydrogen) atoms. The fourth-order valence-electron chi connectivity index (χ4n) is 2.19. The Kier molecular flexibility index (Phi) is 4.77. The lowest BCUT2D eigenvalue weighted by Crippen LogP contribution is -2.42. The third-order valence-electron chi connectivity index (χ3n) is 2.98. The lowest BCUT2D eigenvalue weighted by molar-refractivity contribution is 0.0191. The van der Waals surface area contributed by atoms with Crippen LogP contribution in [0.25, 0.3) is 0 Å². The summed E-state index contributed by atoms with van der Waals surface area (Å²) in [6, 6.07) is 2.37. The summed E-state index contributed by atoms with van der Waals surface area (Å²) in [5.74, 6) is 0.0600. The number of carbonyl (C=O) groups excluding carboxylic acids is 1. The van der Waals surface area contributed by atoms with Crippen LogP contribution >= 0.6 is 0 Å². The molecular formula is C14H22N2O2. The fraction of sp³-hybridized carbons (Fsp3) is 0.714. The van der Waals surface area contributed by atoms with Gasteiger partial charge in [-0.3, -0.25) is 0 Å². The normalized spacial score (nSPS) is 23.2. The van der Waals surface area contributed by atoms with Gasteiger partial charge in [0.15, 0.2) is 0 Å². The van der Waals surface area contributed by atoms with Crippen LogP contribution in [-0.4, -0.2) is 29.2 Å². The second-order valence-electron chi connectivity index (χ2n) is 5.71. The molecule has 0 spiro atoms. The van der Waals surface area contributed by atoms with Crippen molar-refractivity contribution >= 4 is 6.09 Å². The van der Waals surface area contributed by atoms with Crippen molar-refractivity contribution in [2.45, 2.75) is 51.7 Å². The van der Waals surface area contributed by atoms with Gasteiger partial charge in [-0.15, -0.1) is 6.58 Å². The Hall–Kier alpha value is -1.50. The molecule has 2 atom stereocenters. The van der Waals surface area contributed by atoms with Gasteiger partial charge in [0.05, 0.1) is 6.07 Å². The zero-order valence-electron chi connectivity index (χ0n) is 11.5. The van der Waals surface area contributed by atoms with Crippen molar-refractivity contribution in [1.29, 1.82) is 5.26 Å². The van der Waals surface area contributed by atoms with E-state index in [0.717, 1.165) is 19.3 Å². The first-order valence-corrected chi connectivity index (χ1v) is 6.37. The molecular weight excluding hydrogens is 228 g/mol. The lowest BCUT2D eigenvalue weighted by Gasteiger charge is -2.30. The number of hydrogen-bond acceptors (Lipinski definition) is 3. The van der Waals surface area contributed by atoms with Crippen LogP contribution in [-0.2, 0) is 4.74 Å². The average Bonchev–Trinajstić information content (AvgIpc) is 2.71. The Labute approximate surface area is 109 Å². The van der Waals surface area contributed by atoms with Gasteiger partial charge in [0.2, 0.25) is 0 Å². The average molecular weight is 250 g/mol. The Balaban J connectivity index is 2.68. The first-order chi connectivity index (χ1) is 8.37. The van der Waals surface area contributed by atoms with Crippen LogP contribution in [0.1, 0.15) is 40.0 Å². The van der Waals surface area contributed by atoms with Crippen LogP contribution in [0, 0.1) is 17.2 Å². The molecule has 1 aliphatic rings. The quantitative estimate of drug-likeness (QED) is 0.723. The van der Waals surface area contributed by atoms with E-state index >= 15 is 0 Å². The molecule has 0 aromatic carbocycles. The minimum absolute atomic E-state index is 0.0600. The van der Waals surface area contributed by atoms with Gasteiger partial charge in [0.25, 0.3) is 0 Å². The van der Waals surface area contributed by atoms with E-state index in [1.165, 1.54) is 0 Å². The molecule has 4 heteroatoms. The van der Waals surface area contributed by atoms with Gasteiger partial charge in [-0.05, 0) is 40.0 Å². The summed E-state index contributed by atoms with van der Waals surface area (Å²) < 4.78 is 5.39. The highest BCUT2D eigenvalue weighted by Gasteiger charge is 2.33. The van der Waals surface area contributed by atoms with Gasteiger partial charge in [0, 0.05) is 18.5 Å². The molecule has 0 aromatic rings. The summed E-state index contributed by atoms with van der Waals surface area (Å²) in [5, 5.41) is 8.92. The van der Waals surface area contributed by atoms with E-state index in [9.17, 15) is 4.79 Å². The summed E-state index contributed by atoms with van der Waals surface area (Å²) >= 11 is 0. The maximum Gasteiger partial charge on any atom is 0.410 e. The molecule has 0 N–H and O–H groups in total. The van der Waals surface area contributed by atoms with Crippen molar-refractivity contribution in [1.82, 2.24) is 4.90 Å². The molecule has 100 valence electrons. The summed E-state index contributed by atoms with van der Waals surface area (Å²) in [7, 11) is 0. The number of nitrogens with zero attached hydrogens (tertiary/aromatic N) is 2. The highest BCUT2D eigenvalue weighted by atomic mass is 16.6. The van der Waals surface area contributed by atoms with Gasteiger partial charge in [-0.25, -0.2) is 4.79 Å². The van der Waals surface area contributed by atoms with Crippen LogP contribution in [0.3, 0.4) is 0 Å². The highest BCUT2D eigenvalue weighted by molar-refractivity contribution is 5.68. The van der Waals surface area contributed by atoms with Crippen LogP contribution in [0.4, 0.5) is 4.79 Å². The maximum absolute atomic E-state index is 12.1. The standard InChI is InChI=1S/C14H22N2O2/c1-5-8-16(13(17)18-14(2,3)4)12-7-6-11(9-12)10-15/h5,11-12H,1,6-9H2,2-4H3. The van der Waals surface area contributed by atoms with Gasteiger partial charge in [-0.1, -0.05) is 6.08 Å². The molecule has 0 aliphatic heterocycles. The molecule has 4 nitrogen and oxygen atoms in total. The van der Waals surface area contributed by atoms with Crippen LogP contribution < -0.4 is 0 Å². The fourth-order valence-corrected chi connectivity index (χ4v) is 2.19. The van der Waals surface area contributed by atoms with E-state index in [1.54, 1.807) is 11.0 Å². The third kappa shape index (κ3) is 4.06. The number of rotatable bonds is 3. The van der Waals surface area contributed by atoms with Gasteiger partial charge < -0.3 is 9.64 Å². The molecule has 1 aliphatic carbocycles. The second kappa shape index (κ2) is 5.90. The molecule has 0 bridgehead atoms. The predicted molar refractivity (Wildman–Crippen MR) is 69.9 cm³/mol. The molecule has 1 fully saturated rings. The molecule has 0 heterocycles. The van der Waals surface area contributed by atoms with E-state index < -0.39 is 5.60 Å². The highest BCUT2D eigenvalue weighted by Crippen LogP contribution is 2.29. The first-order valence-electron chi connectivity index (χ1n) is 6.37. The van der Waals surface area contributed by atoms with Crippen molar-refractivity contribution in [3.63, 3.8) is 0 Å². The smallest absolute Gasteiger partial charge is 0.410 e. The Morgan fingerprint density at radius 3 is 2.67 bits per heavy atom. The predicted octanol–water partition coefficient (Wildman–Crippen LogP) is 3.10. The first kappa shape index (κ1) is 14.6. The zero-order valence-corrected chi connectivity index (χ0v) is 11.5. The molecule has 1 rings (SSSR count). The van der Waals surface area contributed by atoms with Gasteiger partial charge >= 0.3 is 6.09 Å². The van der Waals surface area contributed by atoms with Crippen LogP contribution in [0.2, 0.25) is 0 Å². The van der Waals surface area contributed by atoms with E-state index in [0.29, 0.717) is 6.54 Å². The van der Waals surface area contributed by atoms with Crippen molar-refractivity contribution < 1.29 is 9.53 Å².